The van der Waals surface area contributed by atoms with Crippen LogP contribution in [0.25, 0.3) is 0 Å². The summed E-state index contributed by atoms with van der Waals surface area (Å²) < 4.78 is 35.1. The number of nitrogens with one attached hydrogen (secondary N) is 3. The van der Waals surface area contributed by atoms with E-state index in [1.165, 1.54) is 0 Å². The van der Waals surface area contributed by atoms with Gasteiger partial charge in [-0.3, -0.25) is 4.79 Å². The summed E-state index contributed by atoms with van der Waals surface area (Å²) in [5.41, 5.74) is 0. The maximum absolute atomic E-state index is 11.7. The van der Waals surface area contributed by atoms with Crippen molar-refractivity contribution in [3.63, 3.8) is 0 Å². The summed E-state index contributed by atoms with van der Waals surface area (Å²) in [6.07, 6.45) is -4.62. The Bertz CT molecular complexity index is 243. The Labute approximate surface area is 90.8 Å². The molecular formula is C8H14F3N3O2. The Balaban J connectivity index is 3.48. The second-order valence-electron chi connectivity index (χ2n) is 2.89. The number of alkyl halides is 3. The van der Waals surface area contributed by atoms with Crippen molar-refractivity contribution in [1.29, 1.82) is 0 Å². The molecule has 0 heterocycles. The van der Waals surface area contributed by atoms with Gasteiger partial charge in [-0.2, -0.15) is 13.2 Å². The third kappa shape index (κ3) is 6.91. The van der Waals surface area contributed by atoms with Crippen LogP contribution in [0.15, 0.2) is 0 Å². The Hall–Kier alpha value is -1.47. The summed E-state index contributed by atoms with van der Waals surface area (Å²) in [6, 6.07) is -0.385. The summed E-state index contributed by atoms with van der Waals surface area (Å²) >= 11 is 0. The van der Waals surface area contributed by atoms with Crippen molar-refractivity contribution < 1.29 is 22.8 Å². The van der Waals surface area contributed by atoms with E-state index in [-0.39, 0.29) is 25.5 Å². The molecule has 0 aromatic heterocycles. The minimum absolute atomic E-state index is 0.134. The lowest BCUT2D eigenvalue weighted by atomic mass is 10.4. The zero-order valence-electron chi connectivity index (χ0n) is 8.78. The maximum atomic E-state index is 11.7. The SMILES string of the molecule is CCNC(=O)NCCCNC(=O)C(F)(F)F. The Kier molecular flexibility index (Phi) is 6.28. The molecule has 0 aliphatic carbocycles. The van der Waals surface area contributed by atoms with Crippen LogP contribution in [0, 0.1) is 0 Å². The van der Waals surface area contributed by atoms with E-state index in [1.807, 2.05) is 0 Å². The quantitative estimate of drug-likeness (QED) is 0.609. The third-order valence-electron chi connectivity index (χ3n) is 1.52. The molecular weight excluding hydrogens is 227 g/mol. The van der Waals surface area contributed by atoms with Gasteiger partial charge in [0.15, 0.2) is 0 Å². The molecule has 0 spiro atoms. The summed E-state index contributed by atoms with van der Waals surface area (Å²) in [5.74, 6) is -1.97. The van der Waals surface area contributed by atoms with E-state index in [4.69, 9.17) is 0 Å². The second kappa shape index (κ2) is 6.91. The van der Waals surface area contributed by atoms with Crippen LogP contribution >= 0.6 is 0 Å². The molecule has 0 aromatic carbocycles. The number of hydrogen-bond donors (Lipinski definition) is 3. The molecule has 0 radical (unpaired) electrons. The van der Waals surface area contributed by atoms with Gasteiger partial charge >= 0.3 is 18.1 Å². The monoisotopic (exact) mass is 241 g/mol. The largest absolute Gasteiger partial charge is 0.471 e. The first-order valence-electron chi connectivity index (χ1n) is 4.74. The van der Waals surface area contributed by atoms with Crippen LogP contribution in [0.2, 0.25) is 0 Å². The van der Waals surface area contributed by atoms with E-state index in [9.17, 15) is 22.8 Å². The first kappa shape index (κ1) is 14.5. The maximum Gasteiger partial charge on any atom is 0.471 e. The number of rotatable bonds is 5. The normalized spacial score (nSPS) is 10.8. The number of carbonyl (C=O) groups excluding carboxylic acids is 2. The fourth-order valence-corrected chi connectivity index (χ4v) is 0.816. The number of amides is 3. The van der Waals surface area contributed by atoms with Gasteiger partial charge in [0, 0.05) is 19.6 Å². The lowest BCUT2D eigenvalue weighted by Gasteiger charge is -2.08. The molecule has 0 aliphatic heterocycles. The van der Waals surface area contributed by atoms with Gasteiger partial charge in [-0.1, -0.05) is 0 Å². The van der Waals surface area contributed by atoms with Gasteiger partial charge in [-0.15, -0.1) is 0 Å². The average Bonchev–Trinajstić information content (AvgIpc) is 2.16. The Morgan fingerprint density at radius 1 is 1.06 bits per heavy atom. The van der Waals surface area contributed by atoms with Crippen molar-refractivity contribution in [1.82, 2.24) is 16.0 Å². The number of urea groups is 1. The molecule has 0 saturated heterocycles. The molecule has 94 valence electrons. The van der Waals surface area contributed by atoms with Crippen molar-refractivity contribution in [3.05, 3.63) is 0 Å². The van der Waals surface area contributed by atoms with E-state index in [0.29, 0.717) is 6.54 Å². The number of halogens is 3. The van der Waals surface area contributed by atoms with Gasteiger partial charge < -0.3 is 16.0 Å². The first-order valence-corrected chi connectivity index (χ1v) is 4.74. The van der Waals surface area contributed by atoms with Gasteiger partial charge in [0.2, 0.25) is 0 Å². The Morgan fingerprint density at radius 2 is 1.62 bits per heavy atom. The lowest BCUT2D eigenvalue weighted by Crippen LogP contribution is -2.39. The molecule has 0 saturated carbocycles. The molecule has 0 aliphatic rings. The summed E-state index contributed by atoms with van der Waals surface area (Å²) in [5, 5.41) is 6.56. The topological polar surface area (TPSA) is 70.2 Å². The number of hydrogen-bond acceptors (Lipinski definition) is 2. The highest BCUT2D eigenvalue weighted by molar-refractivity contribution is 5.81. The van der Waals surface area contributed by atoms with Gasteiger partial charge in [0.05, 0.1) is 0 Å². The number of carbonyl (C=O) groups is 2. The highest BCUT2D eigenvalue weighted by atomic mass is 19.4. The predicted octanol–water partition coefficient (Wildman–Crippen LogP) is 0.374. The van der Waals surface area contributed by atoms with Crippen LogP contribution in [0.4, 0.5) is 18.0 Å². The van der Waals surface area contributed by atoms with Crippen LogP contribution in [0.1, 0.15) is 13.3 Å². The molecule has 5 nitrogen and oxygen atoms in total. The van der Waals surface area contributed by atoms with E-state index in [0.717, 1.165) is 0 Å². The van der Waals surface area contributed by atoms with Gasteiger partial charge in [-0.25, -0.2) is 4.79 Å². The van der Waals surface area contributed by atoms with Crippen molar-refractivity contribution in [2.75, 3.05) is 19.6 Å². The summed E-state index contributed by atoms with van der Waals surface area (Å²) in [6.45, 7) is 2.27. The minimum atomic E-state index is -4.85. The summed E-state index contributed by atoms with van der Waals surface area (Å²) in [4.78, 5) is 21.1. The van der Waals surface area contributed by atoms with Crippen LogP contribution in [0.3, 0.4) is 0 Å². The Morgan fingerprint density at radius 3 is 2.12 bits per heavy atom. The highest BCUT2D eigenvalue weighted by Gasteiger charge is 2.38. The smallest absolute Gasteiger partial charge is 0.348 e. The van der Waals surface area contributed by atoms with Crippen molar-refractivity contribution in [3.8, 4) is 0 Å². The van der Waals surface area contributed by atoms with Crippen LogP contribution in [-0.2, 0) is 4.79 Å². The van der Waals surface area contributed by atoms with Gasteiger partial charge in [-0.05, 0) is 13.3 Å². The van der Waals surface area contributed by atoms with Gasteiger partial charge in [0.1, 0.15) is 0 Å². The van der Waals surface area contributed by atoms with Gasteiger partial charge in [0.25, 0.3) is 0 Å². The molecule has 0 aromatic rings. The fraction of sp³-hybridized carbons (Fsp3) is 0.750. The molecule has 0 bridgehead atoms. The first-order chi connectivity index (χ1) is 7.38. The highest BCUT2D eigenvalue weighted by Crippen LogP contribution is 2.13. The van der Waals surface area contributed by atoms with Crippen molar-refractivity contribution in [2.45, 2.75) is 19.5 Å². The van der Waals surface area contributed by atoms with Crippen molar-refractivity contribution >= 4 is 11.9 Å². The second-order valence-corrected chi connectivity index (χ2v) is 2.89. The molecule has 0 fully saturated rings. The fourth-order valence-electron chi connectivity index (χ4n) is 0.816. The molecule has 3 amide bonds. The standard InChI is InChI=1S/C8H14F3N3O2/c1-2-12-7(16)14-5-3-4-13-6(15)8(9,10)11/h2-5H2,1H3,(H,13,15)(H2,12,14,16). The van der Waals surface area contributed by atoms with E-state index in [2.05, 4.69) is 10.6 Å². The molecule has 3 N–H and O–H groups in total. The predicted molar refractivity (Wildman–Crippen MR) is 50.8 cm³/mol. The third-order valence-corrected chi connectivity index (χ3v) is 1.52. The molecule has 8 heteroatoms. The van der Waals surface area contributed by atoms with E-state index < -0.39 is 12.1 Å². The van der Waals surface area contributed by atoms with E-state index >= 15 is 0 Å². The molecule has 0 rings (SSSR count). The zero-order valence-corrected chi connectivity index (χ0v) is 8.78. The van der Waals surface area contributed by atoms with Crippen LogP contribution in [0.5, 0.6) is 0 Å². The average molecular weight is 241 g/mol. The van der Waals surface area contributed by atoms with Crippen LogP contribution < -0.4 is 16.0 Å². The molecule has 16 heavy (non-hydrogen) atoms. The van der Waals surface area contributed by atoms with E-state index in [1.54, 1.807) is 12.2 Å². The zero-order chi connectivity index (χ0) is 12.6. The minimum Gasteiger partial charge on any atom is -0.348 e. The van der Waals surface area contributed by atoms with Crippen molar-refractivity contribution in [2.24, 2.45) is 0 Å². The lowest BCUT2D eigenvalue weighted by molar-refractivity contribution is -0.173. The summed E-state index contributed by atoms with van der Waals surface area (Å²) in [7, 11) is 0. The van der Waals surface area contributed by atoms with Crippen LogP contribution in [-0.4, -0.2) is 37.7 Å². The molecule has 0 unspecified atom stereocenters. The molecule has 0 atom stereocenters.